The average molecular weight is 243 g/mol. The summed E-state index contributed by atoms with van der Waals surface area (Å²) in [6, 6.07) is 0. The molecule has 0 bridgehead atoms. The van der Waals surface area contributed by atoms with E-state index in [0.717, 1.165) is 19.6 Å². The predicted octanol–water partition coefficient (Wildman–Crippen LogP) is 4.00. The van der Waals surface area contributed by atoms with Crippen LogP contribution in [-0.2, 0) is 4.74 Å². The van der Waals surface area contributed by atoms with Gasteiger partial charge in [-0.25, -0.2) is 0 Å². The summed E-state index contributed by atoms with van der Waals surface area (Å²) < 4.78 is 5.83. The standard InChI is InChI=1S/C15H33NO/c1-9-15(8,12-16-13(2,3)4)10-11-17-14(5,6)7/h16H,9-12H2,1-8H3. The maximum absolute atomic E-state index is 5.83. The SMILES string of the molecule is CCC(C)(CCOC(C)(C)C)CNC(C)(C)C. The Bertz CT molecular complexity index is 212. The Morgan fingerprint density at radius 3 is 1.82 bits per heavy atom. The van der Waals surface area contributed by atoms with Gasteiger partial charge in [-0.2, -0.15) is 0 Å². The van der Waals surface area contributed by atoms with Crippen LogP contribution in [0.5, 0.6) is 0 Å². The van der Waals surface area contributed by atoms with Gasteiger partial charge in [-0.1, -0.05) is 13.8 Å². The second-order valence-corrected chi connectivity index (χ2v) is 7.48. The van der Waals surface area contributed by atoms with Crippen molar-refractivity contribution in [2.75, 3.05) is 13.2 Å². The van der Waals surface area contributed by atoms with Gasteiger partial charge in [0.05, 0.1) is 5.60 Å². The summed E-state index contributed by atoms with van der Waals surface area (Å²) in [5.74, 6) is 0. The van der Waals surface area contributed by atoms with Gasteiger partial charge >= 0.3 is 0 Å². The molecule has 1 atom stereocenters. The minimum atomic E-state index is -0.0217. The van der Waals surface area contributed by atoms with Crippen LogP contribution in [-0.4, -0.2) is 24.3 Å². The van der Waals surface area contributed by atoms with E-state index >= 15 is 0 Å². The molecule has 0 spiro atoms. The van der Waals surface area contributed by atoms with Gasteiger partial charge in [0.25, 0.3) is 0 Å². The van der Waals surface area contributed by atoms with Gasteiger partial charge in [-0.05, 0) is 59.8 Å². The second kappa shape index (κ2) is 6.19. The molecular weight excluding hydrogens is 210 g/mol. The van der Waals surface area contributed by atoms with E-state index in [-0.39, 0.29) is 11.1 Å². The van der Waals surface area contributed by atoms with Crippen molar-refractivity contribution in [1.82, 2.24) is 5.32 Å². The molecule has 0 radical (unpaired) electrons. The summed E-state index contributed by atoms with van der Waals surface area (Å²) in [5, 5.41) is 3.61. The zero-order valence-corrected chi connectivity index (χ0v) is 13.2. The molecule has 1 N–H and O–H groups in total. The molecule has 0 aromatic rings. The number of ether oxygens (including phenoxy) is 1. The van der Waals surface area contributed by atoms with Crippen LogP contribution < -0.4 is 5.32 Å². The van der Waals surface area contributed by atoms with Crippen LogP contribution in [0.3, 0.4) is 0 Å². The zero-order valence-electron chi connectivity index (χ0n) is 13.2. The third-order valence-electron chi connectivity index (χ3n) is 3.14. The average Bonchev–Trinajstić information content (AvgIpc) is 2.12. The van der Waals surface area contributed by atoms with Crippen LogP contribution in [0.25, 0.3) is 0 Å². The highest BCUT2D eigenvalue weighted by molar-refractivity contribution is 4.80. The highest BCUT2D eigenvalue weighted by Crippen LogP contribution is 2.26. The fourth-order valence-electron chi connectivity index (χ4n) is 1.47. The third-order valence-corrected chi connectivity index (χ3v) is 3.14. The Labute approximate surface area is 109 Å². The van der Waals surface area contributed by atoms with Gasteiger partial charge in [0.1, 0.15) is 0 Å². The Kier molecular flexibility index (Phi) is 6.16. The van der Waals surface area contributed by atoms with E-state index in [0.29, 0.717) is 5.41 Å². The van der Waals surface area contributed by atoms with Crippen molar-refractivity contribution >= 4 is 0 Å². The van der Waals surface area contributed by atoms with Gasteiger partial charge in [-0.3, -0.25) is 0 Å². The number of nitrogens with one attached hydrogen (secondary N) is 1. The summed E-state index contributed by atoms with van der Waals surface area (Å²) in [7, 11) is 0. The van der Waals surface area contributed by atoms with E-state index in [1.165, 1.54) is 6.42 Å². The molecule has 0 aliphatic heterocycles. The summed E-state index contributed by atoms with van der Waals surface area (Å²) in [4.78, 5) is 0. The fraction of sp³-hybridized carbons (Fsp3) is 1.00. The summed E-state index contributed by atoms with van der Waals surface area (Å²) >= 11 is 0. The van der Waals surface area contributed by atoms with Gasteiger partial charge in [-0.15, -0.1) is 0 Å². The van der Waals surface area contributed by atoms with Crippen molar-refractivity contribution in [2.45, 2.75) is 79.4 Å². The molecule has 0 fully saturated rings. The Morgan fingerprint density at radius 2 is 1.47 bits per heavy atom. The van der Waals surface area contributed by atoms with Crippen LogP contribution in [0.1, 0.15) is 68.2 Å². The lowest BCUT2D eigenvalue weighted by atomic mass is 9.83. The lowest BCUT2D eigenvalue weighted by Crippen LogP contribution is -2.43. The minimum Gasteiger partial charge on any atom is -0.376 e. The van der Waals surface area contributed by atoms with Gasteiger partial charge < -0.3 is 10.1 Å². The van der Waals surface area contributed by atoms with Crippen LogP contribution >= 0.6 is 0 Å². The Morgan fingerprint density at radius 1 is 0.941 bits per heavy atom. The van der Waals surface area contributed by atoms with Crippen LogP contribution in [0.2, 0.25) is 0 Å². The first-order valence-corrected chi connectivity index (χ1v) is 6.86. The van der Waals surface area contributed by atoms with Crippen LogP contribution in [0.15, 0.2) is 0 Å². The molecule has 2 heteroatoms. The first kappa shape index (κ1) is 16.9. The lowest BCUT2D eigenvalue weighted by molar-refractivity contribution is -0.0180. The highest BCUT2D eigenvalue weighted by Gasteiger charge is 2.24. The molecule has 0 amide bonds. The molecular formula is C15H33NO. The van der Waals surface area contributed by atoms with E-state index in [4.69, 9.17) is 4.74 Å². The maximum Gasteiger partial charge on any atom is 0.0598 e. The molecule has 0 aromatic carbocycles. The number of hydrogen-bond acceptors (Lipinski definition) is 2. The van der Waals surface area contributed by atoms with Crippen molar-refractivity contribution < 1.29 is 4.74 Å². The topological polar surface area (TPSA) is 21.3 Å². The maximum atomic E-state index is 5.83. The van der Waals surface area contributed by atoms with Gasteiger partial charge in [0.2, 0.25) is 0 Å². The molecule has 0 heterocycles. The molecule has 2 nitrogen and oxygen atoms in total. The summed E-state index contributed by atoms with van der Waals surface area (Å²) in [6.45, 7) is 19.5. The minimum absolute atomic E-state index is 0.0217. The quantitative estimate of drug-likeness (QED) is 0.761. The normalized spacial score (nSPS) is 16.9. The zero-order chi connectivity index (χ0) is 13.7. The largest absolute Gasteiger partial charge is 0.376 e. The second-order valence-electron chi connectivity index (χ2n) is 7.48. The molecule has 1 unspecified atom stereocenters. The summed E-state index contributed by atoms with van der Waals surface area (Å²) in [6.07, 6.45) is 2.30. The van der Waals surface area contributed by atoms with E-state index in [2.05, 4.69) is 60.7 Å². The molecule has 0 rings (SSSR count). The van der Waals surface area contributed by atoms with Crippen molar-refractivity contribution in [1.29, 1.82) is 0 Å². The fourth-order valence-corrected chi connectivity index (χ4v) is 1.47. The van der Waals surface area contributed by atoms with Crippen LogP contribution in [0.4, 0.5) is 0 Å². The molecule has 0 saturated heterocycles. The third kappa shape index (κ3) is 9.61. The van der Waals surface area contributed by atoms with Gasteiger partial charge in [0, 0.05) is 18.7 Å². The van der Waals surface area contributed by atoms with Crippen LogP contribution in [0, 0.1) is 5.41 Å². The summed E-state index contributed by atoms with van der Waals surface area (Å²) in [5.41, 5.74) is 0.506. The number of hydrogen-bond donors (Lipinski definition) is 1. The molecule has 0 aliphatic rings. The monoisotopic (exact) mass is 243 g/mol. The number of rotatable bonds is 6. The molecule has 17 heavy (non-hydrogen) atoms. The molecule has 0 aromatic heterocycles. The Balaban J connectivity index is 4.10. The molecule has 104 valence electrons. The van der Waals surface area contributed by atoms with Crippen molar-refractivity contribution in [2.24, 2.45) is 5.41 Å². The first-order valence-electron chi connectivity index (χ1n) is 6.86. The molecule has 0 saturated carbocycles. The van der Waals surface area contributed by atoms with Crippen molar-refractivity contribution in [3.8, 4) is 0 Å². The smallest absolute Gasteiger partial charge is 0.0598 e. The van der Waals surface area contributed by atoms with E-state index in [1.807, 2.05) is 0 Å². The molecule has 0 aliphatic carbocycles. The van der Waals surface area contributed by atoms with Gasteiger partial charge in [0.15, 0.2) is 0 Å². The van der Waals surface area contributed by atoms with E-state index in [1.54, 1.807) is 0 Å². The van der Waals surface area contributed by atoms with E-state index < -0.39 is 0 Å². The predicted molar refractivity (Wildman–Crippen MR) is 76.5 cm³/mol. The van der Waals surface area contributed by atoms with Crippen molar-refractivity contribution in [3.05, 3.63) is 0 Å². The lowest BCUT2D eigenvalue weighted by Gasteiger charge is -2.34. The first-order chi connectivity index (χ1) is 7.47. The Hall–Kier alpha value is -0.0800. The van der Waals surface area contributed by atoms with Crippen molar-refractivity contribution in [3.63, 3.8) is 0 Å². The van der Waals surface area contributed by atoms with E-state index in [9.17, 15) is 0 Å². The highest BCUT2D eigenvalue weighted by atomic mass is 16.5.